The molecule has 1 aliphatic rings. The summed E-state index contributed by atoms with van der Waals surface area (Å²) in [4.78, 5) is 18.0. The van der Waals surface area contributed by atoms with Crippen LogP contribution in [0.5, 0.6) is 0 Å². The molecular weight excluding hydrogens is 322 g/mol. The molecule has 134 valence electrons. The number of aliphatic hydroxyl groups is 1. The molecule has 3 rings (SSSR count). The highest BCUT2D eigenvalue weighted by Crippen LogP contribution is 2.37. The first-order valence-electron chi connectivity index (χ1n) is 8.57. The molecule has 1 saturated heterocycles. The number of nitrogens with zero attached hydrogens (tertiary/aromatic N) is 3. The minimum Gasteiger partial charge on any atom is -0.481 e. The molecule has 0 amide bonds. The standard InChI is InChI=1S/C18H23N3O4/c1-2-8-18(17(23)24)9-10-21(11-14(18)22)12-15-19-16(25-20-15)13-6-4-3-5-7-13/h3-7,14,22H,2,8-12H2,1H3,(H,23,24)/t14-,18-/m0/s1. The highest BCUT2D eigenvalue weighted by molar-refractivity contribution is 5.75. The monoisotopic (exact) mass is 345 g/mol. The number of hydrogen-bond acceptors (Lipinski definition) is 6. The molecule has 2 N–H and O–H groups in total. The molecule has 0 saturated carbocycles. The smallest absolute Gasteiger partial charge is 0.312 e. The molecule has 0 radical (unpaired) electrons. The van der Waals surface area contributed by atoms with Crippen molar-refractivity contribution in [3.8, 4) is 11.5 Å². The molecule has 7 nitrogen and oxygen atoms in total. The predicted octanol–water partition coefficient (Wildman–Crippen LogP) is 2.17. The van der Waals surface area contributed by atoms with E-state index < -0.39 is 17.5 Å². The molecule has 2 atom stereocenters. The molecule has 1 aromatic heterocycles. The predicted molar refractivity (Wildman–Crippen MR) is 90.6 cm³/mol. The molecule has 1 fully saturated rings. The third-order valence-electron chi connectivity index (χ3n) is 4.92. The van der Waals surface area contributed by atoms with Crippen molar-refractivity contribution < 1.29 is 19.5 Å². The van der Waals surface area contributed by atoms with Gasteiger partial charge in [0.2, 0.25) is 0 Å². The van der Waals surface area contributed by atoms with Crippen LogP contribution in [0.25, 0.3) is 11.5 Å². The van der Waals surface area contributed by atoms with E-state index in [9.17, 15) is 15.0 Å². The van der Waals surface area contributed by atoms with Gasteiger partial charge in [0.05, 0.1) is 18.1 Å². The number of benzene rings is 1. The Bertz CT molecular complexity index is 718. The minimum atomic E-state index is -1.04. The van der Waals surface area contributed by atoms with Crippen LogP contribution in [-0.4, -0.2) is 50.4 Å². The average Bonchev–Trinajstić information content (AvgIpc) is 3.06. The maximum Gasteiger partial charge on any atom is 0.312 e. The van der Waals surface area contributed by atoms with Gasteiger partial charge in [-0.05, 0) is 31.5 Å². The fraction of sp³-hybridized carbons (Fsp3) is 0.500. The van der Waals surface area contributed by atoms with Gasteiger partial charge in [-0.25, -0.2) is 0 Å². The van der Waals surface area contributed by atoms with E-state index in [-0.39, 0.29) is 0 Å². The number of rotatable bonds is 6. The van der Waals surface area contributed by atoms with Crippen molar-refractivity contribution in [2.75, 3.05) is 13.1 Å². The Hall–Kier alpha value is -2.25. The Balaban J connectivity index is 1.66. The van der Waals surface area contributed by atoms with Crippen molar-refractivity contribution in [3.63, 3.8) is 0 Å². The zero-order valence-corrected chi connectivity index (χ0v) is 14.3. The highest BCUT2D eigenvalue weighted by atomic mass is 16.5. The van der Waals surface area contributed by atoms with Crippen LogP contribution in [0, 0.1) is 5.41 Å². The molecule has 2 aromatic rings. The molecule has 1 aliphatic heterocycles. The number of likely N-dealkylation sites (tertiary alicyclic amines) is 1. The van der Waals surface area contributed by atoms with Crippen LogP contribution in [0.15, 0.2) is 34.9 Å². The molecule has 0 unspecified atom stereocenters. The van der Waals surface area contributed by atoms with Crippen molar-refractivity contribution in [2.24, 2.45) is 5.41 Å². The normalized spacial score (nSPS) is 24.3. The van der Waals surface area contributed by atoms with Gasteiger partial charge in [-0.1, -0.05) is 36.7 Å². The lowest BCUT2D eigenvalue weighted by molar-refractivity contribution is -0.164. The average molecular weight is 345 g/mol. The van der Waals surface area contributed by atoms with Crippen molar-refractivity contribution in [2.45, 2.75) is 38.8 Å². The van der Waals surface area contributed by atoms with Gasteiger partial charge in [-0.15, -0.1) is 0 Å². The zero-order chi connectivity index (χ0) is 17.9. The maximum absolute atomic E-state index is 11.7. The first-order chi connectivity index (χ1) is 12.0. The number of carboxylic acid groups (broad SMARTS) is 1. The summed E-state index contributed by atoms with van der Waals surface area (Å²) in [6.07, 6.45) is 0.728. The summed E-state index contributed by atoms with van der Waals surface area (Å²) in [5, 5.41) is 24.0. The lowest BCUT2D eigenvalue weighted by atomic mass is 9.73. The van der Waals surface area contributed by atoms with Gasteiger partial charge < -0.3 is 14.7 Å². The highest BCUT2D eigenvalue weighted by Gasteiger charge is 2.47. The summed E-state index contributed by atoms with van der Waals surface area (Å²) < 4.78 is 5.29. The van der Waals surface area contributed by atoms with E-state index in [1.807, 2.05) is 42.2 Å². The number of hydrogen-bond donors (Lipinski definition) is 2. The topological polar surface area (TPSA) is 99.7 Å². The second-order valence-electron chi connectivity index (χ2n) is 6.59. The van der Waals surface area contributed by atoms with E-state index in [4.69, 9.17) is 4.52 Å². The van der Waals surface area contributed by atoms with Crippen molar-refractivity contribution in [1.82, 2.24) is 15.0 Å². The quantitative estimate of drug-likeness (QED) is 0.827. The number of carbonyl (C=O) groups is 1. The lowest BCUT2D eigenvalue weighted by Crippen LogP contribution is -2.54. The Morgan fingerprint density at radius 1 is 1.40 bits per heavy atom. The van der Waals surface area contributed by atoms with E-state index in [1.165, 1.54) is 0 Å². The van der Waals surface area contributed by atoms with E-state index in [0.717, 1.165) is 12.0 Å². The van der Waals surface area contributed by atoms with Gasteiger partial charge in [0, 0.05) is 12.1 Å². The lowest BCUT2D eigenvalue weighted by Gasteiger charge is -2.42. The molecule has 7 heteroatoms. The molecule has 25 heavy (non-hydrogen) atoms. The van der Waals surface area contributed by atoms with Gasteiger partial charge in [0.25, 0.3) is 5.89 Å². The molecule has 0 bridgehead atoms. The summed E-state index contributed by atoms with van der Waals surface area (Å²) in [5.41, 5.74) is -0.190. The van der Waals surface area contributed by atoms with E-state index in [1.54, 1.807) is 0 Å². The van der Waals surface area contributed by atoms with Crippen LogP contribution in [0.3, 0.4) is 0 Å². The Morgan fingerprint density at radius 3 is 2.80 bits per heavy atom. The summed E-state index contributed by atoms with van der Waals surface area (Å²) in [6.45, 7) is 3.24. The first-order valence-corrected chi connectivity index (χ1v) is 8.57. The summed E-state index contributed by atoms with van der Waals surface area (Å²) in [6, 6.07) is 9.52. The van der Waals surface area contributed by atoms with Crippen LogP contribution < -0.4 is 0 Å². The Morgan fingerprint density at radius 2 is 2.16 bits per heavy atom. The van der Waals surface area contributed by atoms with Gasteiger partial charge >= 0.3 is 5.97 Å². The van der Waals surface area contributed by atoms with Crippen LogP contribution >= 0.6 is 0 Å². The summed E-state index contributed by atoms with van der Waals surface area (Å²) in [7, 11) is 0. The third kappa shape index (κ3) is 3.57. The van der Waals surface area contributed by atoms with E-state index in [2.05, 4.69) is 10.1 Å². The molecule has 0 aliphatic carbocycles. The number of carboxylic acids is 1. The van der Waals surface area contributed by atoms with Crippen molar-refractivity contribution >= 4 is 5.97 Å². The van der Waals surface area contributed by atoms with Crippen LogP contribution in [-0.2, 0) is 11.3 Å². The minimum absolute atomic E-state index is 0.293. The number of aliphatic carboxylic acids is 1. The van der Waals surface area contributed by atoms with Crippen molar-refractivity contribution in [3.05, 3.63) is 36.2 Å². The van der Waals surface area contributed by atoms with Crippen LogP contribution in [0.1, 0.15) is 32.0 Å². The van der Waals surface area contributed by atoms with Crippen molar-refractivity contribution in [1.29, 1.82) is 0 Å². The molecule has 1 aromatic carbocycles. The molecule has 0 spiro atoms. The fourth-order valence-electron chi connectivity index (χ4n) is 3.49. The first kappa shape index (κ1) is 17.6. The van der Waals surface area contributed by atoms with Gasteiger partial charge in [-0.3, -0.25) is 9.69 Å². The summed E-state index contributed by atoms with van der Waals surface area (Å²) >= 11 is 0. The number of aromatic nitrogens is 2. The van der Waals surface area contributed by atoms with Crippen LogP contribution in [0.4, 0.5) is 0 Å². The van der Waals surface area contributed by atoms with E-state index in [0.29, 0.717) is 44.2 Å². The fourth-order valence-corrected chi connectivity index (χ4v) is 3.49. The Labute approximate surface area is 146 Å². The SMILES string of the molecule is CCC[C@]1(C(=O)O)CCN(Cc2noc(-c3ccccc3)n2)C[C@@H]1O. The molecular formula is C18H23N3O4. The number of β-amino-alcohol motifs (C(OH)–C–C–N with tert-alkyl or cyclic N) is 1. The Kier molecular flexibility index (Phi) is 5.15. The maximum atomic E-state index is 11.7. The van der Waals surface area contributed by atoms with Gasteiger partial charge in [-0.2, -0.15) is 4.98 Å². The van der Waals surface area contributed by atoms with Gasteiger partial charge in [0.1, 0.15) is 0 Å². The third-order valence-corrected chi connectivity index (χ3v) is 4.92. The number of piperidine rings is 1. The largest absolute Gasteiger partial charge is 0.481 e. The zero-order valence-electron chi connectivity index (χ0n) is 14.3. The summed E-state index contributed by atoms with van der Waals surface area (Å²) in [5.74, 6) is 0.0795. The molecule has 2 heterocycles. The van der Waals surface area contributed by atoms with Gasteiger partial charge in [0.15, 0.2) is 5.82 Å². The van der Waals surface area contributed by atoms with E-state index >= 15 is 0 Å². The number of aliphatic hydroxyl groups excluding tert-OH is 1. The second kappa shape index (κ2) is 7.33. The second-order valence-corrected chi connectivity index (χ2v) is 6.59. The van der Waals surface area contributed by atoms with Crippen LogP contribution in [0.2, 0.25) is 0 Å².